The summed E-state index contributed by atoms with van der Waals surface area (Å²) in [5.41, 5.74) is 5.89. The summed E-state index contributed by atoms with van der Waals surface area (Å²) in [5, 5.41) is 0. The SMILES string of the molecule is Cc1cc(F)ccc1S(=O)(=O)N(C)CC(C)CN. The van der Waals surface area contributed by atoms with Crippen LogP contribution >= 0.6 is 0 Å². The van der Waals surface area contributed by atoms with E-state index in [0.717, 1.165) is 6.07 Å². The van der Waals surface area contributed by atoms with Gasteiger partial charge in [-0.2, -0.15) is 0 Å². The number of hydrogen-bond donors (Lipinski definition) is 1. The zero-order valence-corrected chi connectivity index (χ0v) is 11.7. The molecule has 6 heteroatoms. The highest BCUT2D eigenvalue weighted by Gasteiger charge is 2.23. The Hall–Kier alpha value is -0.980. The Bertz CT molecular complexity index is 517. The molecule has 0 heterocycles. The number of halogens is 1. The van der Waals surface area contributed by atoms with E-state index in [-0.39, 0.29) is 10.8 Å². The summed E-state index contributed by atoms with van der Waals surface area (Å²) in [6.45, 7) is 4.22. The van der Waals surface area contributed by atoms with E-state index in [1.165, 1.54) is 23.5 Å². The second-order valence-corrected chi connectivity index (χ2v) is 6.55. The van der Waals surface area contributed by atoms with Crippen molar-refractivity contribution in [2.75, 3.05) is 20.1 Å². The van der Waals surface area contributed by atoms with Gasteiger partial charge in [-0.05, 0) is 43.1 Å². The molecular formula is C12H19FN2O2S. The standard InChI is InChI=1S/C12H19FN2O2S/c1-9(7-14)8-15(3)18(16,17)12-5-4-11(13)6-10(12)2/h4-6,9H,7-8,14H2,1-3H3. The molecule has 18 heavy (non-hydrogen) atoms. The Balaban J connectivity index is 3.06. The first-order valence-corrected chi connectivity index (χ1v) is 7.15. The van der Waals surface area contributed by atoms with Crippen LogP contribution in [-0.2, 0) is 10.0 Å². The van der Waals surface area contributed by atoms with Gasteiger partial charge in [0.05, 0.1) is 4.90 Å². The minimum absolute atomic E-state index is 0.0746. The highest BCUT2D eigenvalue weighted by molar-refractivity contribution is 7.89. The van der Waals surface area contributed by atoms with E-state index in [1.54, 1.807) is 6.92 Å². The van der Waals surface area contributed by atoms with Crippen LogP contribution < -0.4 is 5.73 Å². The van der Waals surface area contributed by atoms with Crippen molar-refractivity contribution in [1.82, 2.24) is 4.31 Å². The van der Waals surface area contributed by atoms with Crippen molar-refractivity contribution in [3.63, 3.8) is 0 Å². The van der Waals surface area contributed by atoms with Gasteiger partial charge in [-0.25, -0.2) is 17.1 Å². The summed E-state index contributed by atoms with van der Waals surface area (Å²) in [7, 11) is -2.08. The Labute approximate surface area is 108 Å². The summed E-state index contributed by atoms with van der Waals surface area (Å²) in [6.07, 6.45) is 0. The fraction of sp³-hybridized carbons (Fsp3) is 0.500. The van der Waals surface area contributed by atoms with E-state index >= 15 is 0 Å². The van der Waals surface area contributed by atoms with Crippen LogP contribution in [0.25, 0.3) is 0 Å². The number of rotatable bonds is 5. The van der Waals surface area contributed by atoms with Crippen molar-refractivity contribution >= 4 is 10.0 Å². The van der Waals surface area contributed by atoms with E-state index < -0.39 is 15.8 Å². The third-order valence-electron chi connectivity index (χ3n) is 2.80. The van der Waals surface area contributed by atoms with Gasteiger partial charge in [0, 0.05) is 13.6 Å². The van der Waals surface area contributed by atoms with Gasteiger partial charge < -0.3 is 5.73 Å². The summed E-state index contributed by atoms with van der Waals surface area (Å²) < 4.78 is 38.8. The number of benzene rings is 1. The van der Waals surface area contributed by atoms with Gasteiger partial charge in [0.25, 0.3) is 0 Å². The Morgan fingerprint density at radius 3 is 2.56 bits per heavy atom. The smallest absolute Gasteiger partial charge is 0.243 e. The van der Waals surface area contributed by atoms with Crippen LogP contribution in [0.3, 0.4) is 0 Å². The molecule has 1 atom stereocenters. The first-order valence-electron chi connectivity index (χ1n) is 5.71. The number of hydrogen-bond acceptors (Lipinski definition) is 3. The molecule has 0 aliphatic rings. The first kappa shape index (κ1) is 15.1. The highest BCUT2D eigenvalue weighted by atomic mass is 32.2. The van der Waals surface area contributed by atoms with Gasteiger partial charge in [-0.1, -0.05) is 6.92 Å². The van der Waals surface area contributed by atoms with Crippen molar-refractivity contribution < 1.29 is 12.8 Å². The molecule has 0 saturated heterocycles. The van der Waals surface area contributed by atoms with Crippen molar-refractivity contribution in [2.24, 2.45) is 11.7 Å². The number of sulfonamides is 1. The monoisotopic (exact) mass is 274 g/mol. The van der Waals surface area contributed by atoms with Crippen molar-refractivity contribution in [3.8, 4) is 0 Å². The minimum Gasteiger partial charge on any atom is -0.330 e. The topological polar surface area (TPSA) is 63.4 Å². The normalized spacial score (nSPS) is 13.9. The first-order chi connectivity index (χ1) is 8.28. The van der Waals surface area contributed by atoms with Gasteiger partial charge in [0.2, 0.25) is 10.0 Å². The van der Waals surface area contributed by atoms with Gasteiger partial charge in [-0.3, -0.25) is 0 Å². The molecule has 0 aliphatic heterocycles. The Morgan fingerprint density at radius 1 is 1.44 bits per heavy atom. The van der Waals surface area contributed by atoms with Gasteiger partial charge >= 0.3 is 0 Å². The molecule has 0 fully saturated rings. The molecular weight excluding hydrogens is 255 g/mol. The maximum absolute atomic E-state index is 13.0. The Morgan fingerprint density at radius 2 is 2.06 bits per heavy atom. The molecule has 1 rings (SSSR count). The number of nitrogens with two attached hydrogens (primary N) is 1. The van der Waals surface area contributed by atoms with Crippen molar-refractivity contribution in [2.45, 2.75) is 18.7 Å². The fourth-order valence-electron chi connectivity index (χ4n) is 1.68. The van der Waals surface area contributed by atoms with E-state index in [1.807, 2.05) is 6.92 Å². The summed E-state index contributed by atoms with van der Waals surface area (Å²) >= 11 is 0. The van der Waals surface area contributed by atoms with Crippen LogP contribution in [0.15, 0.2) is 23.1 Å². The summed E-state index contributed by atoms with van der Waals surface area (Å²) in [6, 6.07) is 3.66. The molecule has 1 aromatic rings. The van der Waals surface area contributed by atoms with Crippen molar-refractivity contribution in [1.29, 1.82) is 0 Å². The van der Waals surface area contributed by atoms with Gasteiger partial charge in [-0.15, -0.1) is 0 Å². The molecule has 0 saturated carbocycles. The average Bonchev–Trinajstić information content (AvgIpc) is 2.28. The van der Waals surface area contributed by atoms with Crippen LogP contribution in [0.4, 0.5) is 4.39 Å². The lowest BCUT2D eigenvalue weighted by Crippen LogP contribution is -2.33. The van der Waals surface area contributed by atoms with E-state index in [9.17, 15) is 12.8 Å². The van der Waals surface area contributed by atoms with Crippen LogP contribution in [0, 0.1) is 18.7 Å². The lowest BCUT2D eigenvalue weighted by atomic mass is 10.2. The highest BCUT2D eigenvalue weighted by Crippen LogP contribution is 2.20. The maximum atomic E-state index is 13.0. The van der Waals surface area contributed by atoms with Crippen LogP contribution in [0.5, 0.6) is 0 Å². The summed E-state index contributed by atoms with van der Waals surface area (Å²) in [5.74, 6) is -0.366. The molecule has 2 N–H and O–H groups in total. The van der Waals surface area contributed by atoms with Crippen LogP contribution in [0.2, 0.25) is 0 Å². The third kappa shape index (κ3) is 3.28. The maximum Gasteiger partial charge on any atom is 0.243 e. The largest absolute Gasteiger partial charge is 0.330 e. The minimum atomic E-state index is -3.58. The Kier molecular flexibility index (Phi) is 4.84. The molecule has 1 aromatic carbocycles. The van der Waals surface area contributed by atoms with Gasteiger partial charge in [0.15, 0.2) is 0 Å². The second kappa shape index (κ2) is 5.77. The van der Waals surface area contributed by atoms with E-state index in [4.69, 9.17) is 5.73 Å². The number of aryl methyl sites for hydroxylation is 1. The lowest BCUT2D eigenvalue weighted by molar-refractivity contribution is 0.405. The van der Waals surface area contributed by atoms with Crippen LogP contribution in [-0.4, -0.2) is 32.9 Å². The van der Waals surface area contributed by atoms with Crippen molar-refractivity contribution in [3.05, 3.63) is 29.6 Å². The molecule has 4 nitrogen and oxygen atoms in total. The molecule has 0 bridgehead atoms. The fourth-order valence-corrected chi connectivity index (χ4v) is 3.17. The predicted octanol–water partition coefficient (Wildman–Crippen LogP) is 1.35. The predicted molar refractivity (Wildman–Crippen MR) is 69.2 cm³/mol. The molecule has 1 unspecified atom stereocenters. The average molecular weight is 274 g/mol. The number of nitrogens with zero attached hydrogens (tertiary/aromatic N) is 1. The molecule has 0 amide bonds. The molecule has 0 spiro atoms. The summed E-state index contributed by atoms with van der Waals surface area (Å²) in [4.78, 5) is 0.135. The van der Waals surface area contributed by atoms with E-state index in [2.05, 4.69) is 0 Å². The molecule has 0 aromatic heterocycles. The van der Waals surface area contributed by atoms with E-state index in [0.29, 0.717) is 18.7 Å². The molecule has 0 radical (unpaired) electrons. The quantitative estimate of drug-likeness (QED) is 0.881. The third-order valence-corrected chi connectivity index (χ3v) is 4.78. The second-order valence-electron chi connectivity index (χ2n) is 4.54. The van der Waals surface area contributed by atoms with Crippen LogP contribution in [0.1, 0.15) is 12.5 Å². The lowest BCUT2D eigenvalue weighted by Gasteiger charge is -2.21. The molecule has 0 aliphatic carbocycles. The van der Waals surface area contributed by atoms with Gasteiger partial charge in [0.1, 0.15) is 5.82 Å². The molecule has 102 valence electrons. The zero-order valence-electron chi connectivity index (χ0n) is 10.9. The zero-order chi connectivity index (χ0) is 13.9.